The van der Waals surface area contributed by atoms with Gasteiger partial charge in [0.2, 0.25) is 5.91 Å². The van der Waals surface area contributed by atoms with Crippen molar-refractivity contribution in [2.75, 3.05) is 24.7 Å². The molecule has 1 amide bonds. The van der Waals surface area contributed by atoms with Crippen LogP contribution in [0.3, 0.4) is 0 Å². The van der Waals surface area contributed by atoms with Crippen molar-refractivity contribution < 1.29 is 19.4 Å². The van der Waals surface area contributed by atoms with Crippen molar-refractivity contribution in [3.05, 3.63) is 194 Å². The number of amides is 1. The molecule has 67 heavy (non-hydrogen) atoms. The van der Waals surface area contributed by atoms with Crippen molar-refractivity contribution in [1.82, 2.24) is 20.4 Å². The Morgan fingerprint density at radius 2 is 0.985 bits per heavy atom. The van der Waals surface area contributed by atoms with Crippen LogP contribution in [-0.2, 0) is 33.6 Å². The number of H-pyrrole nitrogens is 2. The molecule has 0 radical (unpaired) electrons. The van der Waals surface area contributed by atoms with Gasteiger partial charge in [0.1, 0.15) is 0 Å². The monoisotopic (exact) mass is 895 g/mol. The molecule has 4 heterocycles. The summed E-state index contributed by atoms with van der Waals surface area (Å²) in [6.07, 6.45) is 7.42. The second-order valence-corrected chi connectivity index (χ2v) is 16.7. The standard InChI is InChI=1S/C25H21N3O2.C17H14N2O3.C9H10.C4H8O.CH4/c1-16(25(30)28-15-14-18-6-2-5-9-22(18)28)17-10-12-19(13-11-17)23-20-7-3-4-8-21(20)24(29)27-26-23;1-10(17(21)22)11-6-8-12(9-7-11)15-13-4-2-3-5-14(13)16(20)19-18-15;1-2-5-9-7-3-6-8(9)4-1;1-2-4-5-3-1;/h2-13,16H,14-15H2,1H3,(H,27,29);2-10H,1H3,(H,19,20)(H,21,22);1-2,4-5H,3,6-7H2;1-4H2;1H4. The molecule has 11 heteroatoms. The smallest absolute Gasteiger partial charge is 0.310 e. The van der Waals surface area contributed by atoms with E-state index in [2.05, 4.69) is 50.7 Å². The van der Waals surface area contributed by atoms with Crippen LogP contribution in [0.5, 0.6) is 0 Å². The average molecular weight is 896 g/mol. The molecule has 11 rings (SSSR count). The van der Waals surface area contributed by atoms with E-state index in [4.69, 9.17) is 9.84 Å². The van der Waals surface area contributed by atoms with E-state index in [9.17, 15) is 19.2 Å². The molecule has 3 aliphatic rings. The van der Waals surface area contributed by atoms with Crippen LogP contribution < -0.4 is 16.0 Å². The van der Waals surface area contributed by atoms with Crippen LogP contribution in [0.1, 0.15) is 80.2 Å². The third-order valence-electron chi connectivity index (χ3n) is 12.5. The summed E-state index contributed by atoms with van der Waals surface area (Å²) in [5, 5.41) is 25.3. The molecule has 3 N–H and O–H groups in total. The first-order valence-electron chi connectivity index (χ1n) is 22.6. The number of ether oxygens (including phenoxy) is 1. The highest BCUT2D eigenvalue weighted by molar-refractivity contribution is 6.00. The number of nitrogens with zero attached hydrogens (tertiary/aromatic N) is 3. The summed E-state index contributed by atoms with van der Waals surface area (Å²) in [6.45, 7) is 6.32. The number of hydrogen-bond donors (Lipinski definition) is 3. The summed E-state index contributed by atoms with van der Waals surface area (Å²) in [6, 6.07) is 46.6. The molecule has 6 aromatic carbocycles. The Morgan fingerprint density at radius 1 is 0.552 bits per heavy atom. The van der Waals surface area contributed by atoms with Gasteiger partial charge in [0, 0.05) is 47.3 Å². The minimum absolute atomic E-state index is 0. The minimum Gasteiger partial charge on any atom is -0.481 e. The lowest BCUT2D eigenvalue weighted by Crippen LogP contribution is -2.32. The fraction of sp³-hybridized carbons (Fsp3) is 0.250. The van der Waals surface area contributed by atoms with Crippen molar-refractivity contribution in [2.45, 2.75) is 71.6 Å². The number of anilines is 1. The molecule has 0 bridgehead atoms. The van der Waals surface area contributed by atoms with E-state index in [-0.39, 0.29) is 30.4 Å². The highest BCUT2D eigenvalue weighted by Crippen LogP contribution is 2.32. The van der Waals surface area contributed by atoms with Gasteiger partial charge in [-0.1, -0.05) is 135 Å². The topological polar surface area (TPSA) is 158 Å². The molecule has 0 spiro atoms. The zero-order valence-corrected chi connectivity index (χ0v) is 37.2. The number of fused-ring (bicyclic) bond motifs is 4. The summed E-state index contributed by atoms with van der Waals surface area (Å²) in [7, 11) is 0. The van der Waals surface area contributed by atoms with Crippen LogP contribution in [0.15, 0.2) is 155 Å². The van der Waals surface area contributed by atoms with Crippen LogP contribution in [-0.4, -0.2) is 57.1 Å². The van der Waals surface area contributed by atoms with Crippen molar-refractivity contribution in [3.8, 4) is 22.5 Å². The predicted molar refractivity (Wildman–Crippen MR) is 268 cm³/mol. The number of nitrogens with one attached hydrogen (secondary N) is 2. The summed E-state index contributed by atoms with van der Waals surface area (Å²) < 4.78 is 4.94. The Hall–Kier alpha value is -7.50. The van der Waals surface area contributed by atoms with E-state index in [0.717, 1.165) is 70.6 Å². The Bertz CT molecular complexity index is 3050. The third kappa shape index (κ3) is 11.0. The van der Waals surface area contributed by atoms with Gasteiger partial charge in [-0.3, -0.25) is 19.2 Å². The molecule has 1 saturated heterocycles. The predicted octanol–water partition coefficient (Wildman–Crippen LogP) is 10.7. The third-order valence-corrected chi connectivity index (χ3v) is 12.5. The minimum atomic E-state index is -0.861. The van der Waals surface area contributed by atoms with Gasteiger partial charge in [0.05, 0.1) is 34.0 Å². The lowest BCUT2D eigenvalue weighted by molar-refractivity contribution is -0.138. The molecule has 1 aliphatic carbocycles. The Morgan fingerprint density at radius 3 is 1.45 bits per heavy atom. The number of hydrogen-bond acceptors (Lipinski definition) is 7. The SMILES string of the molecule is C.C1CCOC1.CC(C(=O)N1CCc2ccccc21)c1ccc(-c2n[nH]c(=O)c3ccccc23)cc1.CC(C(=O)O)c1ccc(-c2n[nH]c(=O)c3ccccc23)cc1.c1ccc2c(c1)CCC2. The van der Waals surface area contributed by atoms with Gasteiger partial charge in [-0.25, -0.2) is 10.2 Å². The molecule has 1 fully saturated rings. The van der Waals surface area contributed by atoms with Gasteiger partial charge in [0.25, 0.3) is 11.1 Å². The first-order chi connectivity index (χ1) is 32.2. The van der Waals surface area contributed by atoms with Gasteiger partial charge < -0.3 is 14.7 Å². The number of aryl methyl sites for hydroxylation is 2. The highest BCUT2D eigenvalue weighted by atomic mass is 16.5. The number of para-hydroxylation sites is 1. The van der Waals surface area contributed by atoms with Crippen LogP contribution in [0.2, 0.25) is 0 Å². The molecule has 0 saturated carbocycles. The van der Waals surface area contributed by atoms with E-state index < -0.39 is 11.9 Å². The Kier molecular flexibility index (Phi) is 15.7. The summed E-state index contributed by atoms with van der Waals surface area (Å²) in [5.74, 6) is -1.56. The molecule has 2 unspecified atom stereocenters. The molecule has 11 nitrogen and oxygen atoms in total. The maximum absolute atomic E-state index is 13.1. The lowest BCUT2D eigenvalue weighted by atomic mass is 9.96. The van der Waals surface area contributed by atoms with Gasteiger partial charge in [0.15, 0.2) is 0 Å². The Balaban J connectivity index is 0.000000156. The number of carboxylic acids is 1. The van der Waals surface area contributed by atoms with E-state index in [0.29, 0.717) is 16.5 Å². The number of carbonyl (C=O) groups is 2. The lowest BCUT2D eigenvalue weighted by Gasteiger charge is -2.22. The zero-order chi connectivity index (χ0) is 46.0. The fourth-order valence-electron chi connectivity index (χ4n) is 8.64. The maximum Gasteiger partial charge on any atom is 0.310 e. The summed E-state index contributed by atoms with van der Waals surface area (Å²) in [5.41, 5.74) is 9.77. The Labute approximate surface area is 390 Å². The number of aromatic nitrogens is 4. The average Bonchev–Trinajstić information content (AvgIpc) is 4.19. The first kappa shape index (κ1) is 47.5. The number of carbonyl (C=O) groups excluding carboxylic acids is 1. The van der Waals surface area contributed by atoms with Gasteiger partial charge in [-0.2, -0.15) is 10.2 Å². The van der Waals surface area contributed by atoms with Crippen molar-refractivity contribution in [3.63, 3.8) is 0 Å². The largest absolute Gasteiger partial charge is 0.481 e. The zero-order valence-electron chi connectivity index (χ0n) is 37.2. The van der Waals surface area contributed by atoms with E-state index in [1.807, 2.05) is 96.8 Å². The normalized spacial score (nSPS) is 14.1. The van der Waals surface area contributed by atoms with Gasteiger partial charge in [-0.15, -0.1) is 0 Å². The second-order valence-electron chi connectivity index (χ2n) is 16.7. The van der Waals surface area contributed by atoms with Crippen LogP contribution in [0.25, 0.3) is 44.1 Å². The van der Waals surface area contributed by atoms with E-state index >= 15 is 0 Å². The van der Waals surface area contributed by atoms with E-state index in [1.165, 1.54) is 37.7 Å². The first-order valence-corrected chi connectivity index (χ1v) is 22.6. The molecule has 2 atom stereocenters. The quantitative estimate of drug-likeness (QED) is 0.149. The van der Waals surface area contributed by atoms with Crippen molar-refractivity contribution in [1.29, 1.82) is 0 Å². The summed E-state index contributed by atoms with van der Waals surface area (Å²) >= 11 is 0. The maximum atomic E-state index is 13.1. The molecule has 2 aliphatic heterocycles. The number of benzene rings is 6. The highest BCUT2D eigenvalue weighted by Gasteiger charge is 2.28. The number of carboxylic acid groups (broad SMARTS) is 1. The van der Waals surface area contributed by atoms with Gasteiger partial charge >= 0.3 is 5.97 Å². The van der Waals surface area contributed by atoms with Gasteiger partial charge in [-0.05, 0) is 98.4 Å². The molecule has 342 valence electrons. The van der Waals surface area contributed by atoms with Crippen LogP contribution >= 0.6 is 0 Å². The van der Waals surface area contributed by atoms with Crippen molar-refractivity contribution in [2.24, 2.45) is 0 Å². The van der Waals surface area contributed by atoms with Crippen LogP contribution in [0, 0.1) is 0 Å². The summed E-state index contributed by atoms with van der Waals surface area (Å²) in [4.78, 5) is 49.9. The molecular formula is C56H57N5O6. The van der Waals surface area contributed by atoms with E-state index in [1.54, 1.807) is 48.4 Å². The number of aromatic amines is 2. The second kappa shape index (κ2) is 22.1. The molecule has 2 aromatic heterocycles. The molecule has 8 aromatic rings. The number of aliphatic carboxylic acids is 1. The van der Waals surface area contributed by atoms with Crippen molar-refractivity contribution >= 4 is 39.1 Å². The van der Waals surface area contributed by atoms with Crippen LogP contribution in [0.4, 0.5) is 5.69 Å². The fourth-order valence-corrected chi connectivity index (χ4v) is 8.64. The molecular weight excluding hydrogens is 839 g/mol. The number of rotatable bonds is 6.